The van der Waals surface area contributed by atoms with Crippen molar-refractivity contribution < 1.29 is 12.8 Å². The van der Waals surface area contributed by atoms with Crippen LogP contribution in [0.5, 0.6) is 0 Å². The number of anilines is 1. The maximum Gasteiger partial charge on any atom is 0.267 e. The quantitative estimate of drug-likeness (QED) is 0.724. The standard InChI is InChI=1S/C12H11FN4O2S/c13-10-8-9(2-1-5-14)3-4-11(10)20(18,19)17-12-15-6-7-16-12/h3-4,6-8H,5,14H2,(H2,15,16,17). The number of rotatable bonds is 3. The molecule has 104 valence electrons. The predicted octanol–water partition coefficient (Wildman–Crippen LogP) is 0.660. The fourth-order valence-electron chi connectivity index (χ4n) is 1.45. The van der Waals surface area contributed by atoms with Crippen LogP contribution in [0.15, 0.2) is 35.5 Å². The molecule has 1 aromatic carbocycles. The summed E-state index contributed by atoms with van der Waals surface area (Å²) in [6.45, 7) is 0.141. The minimum atomic E-state index is -4.04. The van der Waals surface area contributed by atoms with E-state index in [1.807, 2.05) is 0 Å². The molecule has 20 heavy (non-hydrogen) atoms. The highest BCUT2D eigenvalue weighted by Crippen LogP contribution is 2.18. The number of sulfonamides is 1. The number of halogens is 1. The van der Waals surface area contributed by atoms with Crippen molar-refractivity contribution in [1.82, 2.24) is 9.97 Å². The van der Waals surface area contributed by atoms with E-state index in [0.717, 1.165) is 12.1 Å². The molecule has 0 amide bonds. The van der Waals surface area contributed by atoms with Crippen LogP contribution in [0.4, 0.5) is 10.3 Å². The van der Waals surface area contributed by atoms with E-state index in [-0.39, 0.29) is 12.5 Å². The predicted molar refractivity (Wildman–Crippen MR) is 71.7 cm³/mol. The summed E-state index contributed by atoms with van der Waals surface area (Å²) < 4.78 is 39.9. The van der Waals surface area contributed by atoms with Crippen LogP contribution >= 0.6 is 0 Å². The molecule has 0 fully saturated rings. The van der Waals surface area contributed by atoms with Crippen LogP contribution < -0.4 is 10.5 Å². The summed E-state index contributed by atoms with van der Waals surface area (Å²) in [5.74, 6) is 4.29. The van der Waals surface area contributed by atoms with Crippen LogP contribution in [0.1, 0.15) is 5.56 Å². The number of benzene rings is 1. The van der Waals surface area contributed by atoms with Gasteiger partial charge in [-0.15, -0.1) is 0 Å². The number of H-pyrrole nitrogens is 1. The zero-order valence-electron chi connectivity index (χ0n) is 10.2. The highest BCUT2D eigenvalue weighted by molar-refractivity contribution is 7.92. The topological polar surface area (TPSA) is 101 Å². The summed E-state index contributed by atoms with van der Waals surface area (Å²) in [5.41, 5.74) is 5.56. The minimum absolute atomic E-state index is 0.0106. The number of nitrogens with zero attached hydrogens (tertiary/aromatic N) is 1. The summed E-state index contributed by atoms with van der Waals surface area (Å²) in [6.07, 6.45) is 2.82. The molecule has 0 atom stereocenters. The fraction of sp³-hybridized carbons (Fsp3) is 0.0833. The molecule has 0 unspecified atom stereocenters. The molecule has 8 heteroatoms. The lowest BCUT2D eigenvalue weighted by Crippen LogP contribution is -2.15. The molecule has 0 radical (unpaired) electrons. The number of nitrogens with two attached hydrogens (primary N) is 1. The highest BCUT2D eigenvalue weighted by Gasteiger charge is 2.20. The number of hydrogen-bond acceptors (Lipinski definition) is 4. The lowest BCUT2D eigenvalue weighted by molar-refractivity contribution is 0.570. The summed E-state index contributed by atoms with van der Waals surface area (Å²) in [7, 11) is -4.04. The van der Waals surface area contributed by atoms with E-state index < -0.39 is 20.7 Å². The molecule has 0 aliphatic heterocycles. The maximum absolute atomic E-state index is 13.9. The largest absolute Gasteiger partial charge is 0.330 e. The van der Waals surface area contributed by atoms with E-state index in [1.165, 1.54) is 18.5 Å². The molecular weight excluding hydrogens is 283 g/mol. The van der Waals surface area contributed by atoms with Crippen LogP contribution in [-0.2, 0) is 10.0 Å². The van der Waals surface area contributed by atoms with Crippen LogP contribution in [0.2, 0.25) is 0 Å². The van der Waals surface area contributed by atoms with Gasteiger partial charge in [0.05, 0.1) is 6.54 Å². The molecule has 0 aliphatic carbocycles. The van der Waals surface area contributed by atoms with Crippen molar-refractivity contribution in [2.75, 3.05) is 11.3 Å². The number of aromatic amines is 1. The second-order valence-electron chi connectivity index (χ2n) is 3.69. The molecule has 1 heterocycles. The molecule has 4 N–H and O–H groups in total. The van der Waals surface area contributed by atoms with Gasteiger partial charge in [0.25, 0.3) is 10.0 Å². The van der Waals surface area contributed by atoms with Crippen molar-refractivity contribution in [3.63, 3.8) is 0 Å². The molecule has 6 nitrogen and oxygen atoms in total. The first kappa shape index (κ1) is 14.0. The Morgan fingerprint density at radius 3 is 2.85 bits per heavy atom. The van der Waals surface area contributed by atoms with Gasteiger partial charge in [0, 0.05) is 18.0 Å². The average molecular weight is 294 g/mol. The van der Waals surface area contributed by atoms with Gasteiger partial charge in [-0.25, -0.2) is 22.5 Å². The third-order valence-electron chi connectivity index (χ3n) is 2.29. The van der Waals surface area contributed by atoms with Gasteiger partial charge < -0.3 is 10.7 Å². The smallest absolute Gasteiger partial charge is 0.267 e. The zero-order valence-corrected chi connectivity index (χ0v) is 11.0. The zero-order chi connectivity index (χ0) is 14.6. The van der Waals surface area contributed by atoms with Gasteiger partial charge >= 0.3 is 0 Å². The monoisotopic (exact) mass is 294 g/mol. The van der Waals surface area contributed by atoms with Crippen molar-refractivity contribution in [2.24, 2.45) is 5.73 Å². The van der Waals surface area contributed by atoms with Crippen LogP contribution in [0.3, 0.4) is 0 Å². The Balaban J connectivity index is 2.33. The molecule has 2 aromatic rings. The third-order valence-corrected chi connectivity index (χ3v) is 3.66. The molecule has 0 spiro atoms. The van der Waals surface area contributed by atoms with Gasteiger partial charge in [-0.05, 0) is 18.2 Å². The van der Waals surface area contributed by atoms with Crippen molar-refractivity contribution in [2.45, 2.75) is 4.90 Å². The Kier molecular flexibility index (Phi) is 4.02. The van der Waals surface area contributed by atoms with Crippen molar-refractivity contribution in [3.8, 4) is 11.8 Å². The Labute approximate surface area is 115 Å². The second kappa shape index (κ2) is 5.73. The van der Waals surface area contributed by atoms with Gasteiger partial charge in [0.1, 0.15) is 10.7 Å². The number of nitrogens with one attached hydrogen (secondary N) is 2. The van der Waals surface area contributed by atoms with Crippen molar-refractivity contribution in [1.29, 1.82) is 0 Å². The summed E-state index contributed by atoms with van der Waals surface area (Å²) in [5, 5.41) is 0. The number of hydrogen-bond donors (Lipinski definition) is 3. The van der Waals surface area contributed by atoms with Crippen LogP contribution in [0.25, 0.3) is 0 Å². The molecule has 2 rings (SSSR count). The Bertz CT molecular complexity index is 760. The number of imidazole rings is 1. The Morgan fingerprint density at radius 1 is 1.45 bits per heavy atom. The molecule has 0 saturated heterocycles. The highest BCUT2D eigenvalue weighted by atomic mass is 32.2. The number of aromatic nitrogens is 2. The van der Waals surface area contributed by atoms with Crippen LogP contribution in [-0.4, -0.2) is 24.9 Å². The molecule has 1 aromatic heterocycles. The third kappa shape index (κ3) is 3.14. The first-order valence-corrected chi connectivity index (χ1v) is 7.02. The van der Waals surface area contributed by atoms with Crippen molar-refractivity contribution >= 4 is 16.0 Å². The van der Waals surface area contributed by atoms with Gasteiger partial charge in [0.2, 0.25) is 5.95 Å². The summed E-state index contributed by atoms with van der Waals surface area (Å²) >= 11 is 0. The van der Waals surface area contributed by atoms with Gasteiger partial charge in [-0.2, -0.15) is 0 Å². The molecule has 0 aliphatic rings. The molecule has 0 bridgehead atoms. The van der Waals surface area contributed by atoms with Gasteiger partial charge in [0.15, 0.2) is 0 Å². The first-order chi connectivity index (χ1) is 9.53. The van der Waals surface area contributed by atoms with Gasteiger partial charge in [-0.1, -0.05) is 11.8 Å². The molecule has 0 saturated carbocycles. The SMILES string of the molecule is NCC#Cc1ccc(S(=O)(=O)Nc2ncc[nH]2)c(F)c1. The second-order valence-corrected chi connectivity index (χ2v) is 5.35. The lowest BCUT2D eigenvalue weighted by atomic mass is 10.2. The normalized spacial score (nSPS) is 10.7. The first-order valence-electron chi connectivity index (χ1n) is 5.53. The van der Waals surface area contributed by atoms with E-state index in [0.29, 0.717) is 5.56 Å². The van der Waals surface area contributed by atoms with E-state index in [1.54, 1.807) is 0 Å². The van der Waals surface area contributed by atoms with Crippen molar-refractivity contribution in [3.05, 3.63) is 42.0 Å². The summed E-state index contributed by atoms with van der Waals surface area (Å²) in [4.78, 5) is 5.79. The van der Waals surface area contributed by atoms with E-state index in [9.17, 15) is 12.8 Å². The van der Waals surface area contributed by atoms with E-state index >= 15 is 0 Å². The minimum Gasteiger partial charge on any atom is -0.330 e. The molecular formula is C12H11FN4O2S. The van der Waals surface area contributed by atoms with E-state index in [4.69, 9.17) is 5.73 Å². The maximum atomic E-state index is 13.9. The average Bonchev–Trinajstić information content (AvgIpc) is 2.88. The Morgan fingerprint density at radius 2 is 2.25 bits per heavy atom. The lowest BCUT2D eigenvalue weighted by Gasteiger charge is -2.06. The fourth-order valence-corrected chi connectivity index (χ4v) is 2.49. The van der Waals surface area contributed by atoms with E-state index in [2.05, 4.69) is 26.5 Å². The van der Waals surface area contributed by atoms with Gasteiger partial charge in [-0.3, -0.25) is 0 Å². The summed E-state index contributed by atoms with van der Waals surface area (Å²) in [6, 6.07) is 3.59. The van der Waals surface area contributed by atoms with Crippen LogP contribution in [0, 0.1) is 17.7 Å². The Hall–Kier alpha value is -2.37.